The van der Waals surface area contributed by atoms with E-state index < -0.39 is 23.5 Å². The van der Waals surface area contributed by atoms with Crippen molar-refractivity contribution in [2.75, 3.05) is 0 Å². The minimum atomic E-state index is -1.39. The topological polar surface area (TPSA) is 112 Å². The lowest BCUT2D eigenvalue weighted by molar-refractivity contribution is -0.139. The van der Waals surface area contributed by atoms with E-state index in [1.165, 1.54) is 0 Å². The maximum Gasteiger partial charge on any atom is 0.332 e. The highest BCUT2D eigenvalue weighted by atomic mass is 16.4. The van der Waals surface area contributed by atoms with Gasteiger partial charge in [0, 0.05) is 10.9 Å². The molecule has 7 heteroatoms. The van der Waals surface area contributed by atoms with Gasteiger partial charge in [-0.2, -0.15) is 5.10 Å². The molecule has 0 aliphatic rings. The minimum Gasteiger partial charge on any atom is -0.479 e. The number of H-pyrrole nitrogens is 1. The highest BCUT2D eigenvalue weighted by molar-refractivity contribution is 5.98. The summed E-state index contributed by atoms with van der Waals surface area (Å²) in [7, 11) is 0. The van der Waals surface area contributed by atoms with Gasteiger partial charge in [0.05, 0.1) is 5.39 Å². The lowest BCUT2D eigenvalue weighted by Crippen LogP contribution is -2.35. The molecule has 0 spiro atoms. The number of hydrogen-bond donors (Lipinski definition) is 3. The molecule has 1 atom stereocenters. The van der Waals surface area contributed by atoms with Crippen LogP contribution in [0.25, 0.3) is 10.8 Å². The molecule has 1 aromatic heterocycles. The molecule has 120 valence electrons. The average molecular weight is 323 g/mol. The molecule has 0 saturated carbocycles. The quantitative estimate of drug-likeness (QED) is 0.673. The summed E-state index contributed by atoms with van der Waals surface area (Å²) in [5, 5.41) is 18.7. The fraction of sp³-hybridized carbons (Fsp3) is 0.0588. The molecule has 24 heavy (non-hydrogen) atoms. The SMILES string of the molecule is O=C(N[C@@H](C(=O)O)c1n[nH]c(=O)c2ccccc12)c1ccccc1. The standard InChI is InChI=1S/C17H13N3O4/c21-15(10-6-2-1-3-7-10)18-14(17(23)24)13-11-8-4-5-9-12(11)16(22)20-19-13/h1-9,14H,(H,18,21)(H,20,22)(H,23,24)/t14-/m1/s1. The van der Waals surface area contributed by atoms with Crippen LogP contribution in [0.15, 0.2) is 59.4 Å². The lowest BCUT2D eigenvalue weighted by atomic mass is 10.1. The van der Waals surface area contributed by atoms with Crippen LogP contribution in [0.1, 0.15) is 22.1 Å². The molecule has 0 aliphatic heterocycles. The smallest absolute Gasteiger partial charge is 0.332 e. The van der Waals surface area contributed by atoms with Crippen molar-refractivity contribution in [2.24, 2.45) is 0 Å². The van der Waals surface area contributed by atoms with Crippen LogP contribution in [0.4, 0.5) is 0 Å². The highest BCUT2D eigenvalue weighted by Gasteiger charge is 2.26. The van der Waals surface area contributed by atoms with Crippen LogP contribution in [-0.4, -0.2) is 27.2 Å². The fourth-order valence-electron chi connectivity index (χ4n) is 2.41. The monoisotopic (exact) mass is 323 g/mol. The summed E-state index contributed by atoms with van der Waals surface area (Å²) in [5.74, 6) is -1.82. The Labute approximate surface area is 136 Å². The van der Waals surface area contributed by atoms with Crippen molar-refractivity contribution in [3.63, 3.8) is 0 Å². The number of aliphatic carboxylic acids is 1. The third-order valence-electron chi connectivity index (χ3n) is 3.56. The molecule has 0 bridgehead atoms. The van der Waals surface area contributed by atoms with E-state index in [0.29, 0.717) is 16.3 Å². The number of hydrogen-bond acceptors (Lipinski definition) is 4. The zero-order valence-electron chi connectivity index (χ0n) is 12.4. The van der Waals surface area contributed by atoms with Gasteiger partial charge in [-0.3, -0.25) is 9.59 Å². The van der Waals surface area contributed by atoms with Crippen molar-refractivity contribution in [2.45, 2.75) is 6.04 Å². The second kappa shape index (κ2) is 6.33. The number of fused-ring (bicyclic) bond motifs is 1. The number of aromatic nitrogens is 2. The van der Waals surface area contributed by atoms with Gasteiger partial charge >= 0.3 is 5.97 Å². The molecule has 3 aromatic rings. The Bertz CT molecular complexity index is 966. The van der Waals surface area contributed by atoms with Gasteiger partial charge in [-0.05, 0) is 18.2 Å². The second-order valence-corrected chi connectivity index (χ2v) is 5.09. The van der Waals surface area contributed by atoms with Gasteiger partial charge in [0.1, 0.15) is 5.69 Å². The molecule has 0 saturated heterocycles. The minimum absolute atomic E-state index is 0.0713. The van der Waals surface area contributed by atoms with Gasteiger partial charge < -0.3 is 10.4 Å². The number of carboxylic acid groups (broad SMARTS) is 1. The average Bonchev–Trinajstić information content (AvgIpc) is 2.61. The van der Waals surface area contributed by atoms with E-state index in [4.69, 9.17) is 0 Å². The highest BCUT2D eigenvalue weighted by Crippen LogP contribution is 2.20. The van der Waals surface area contributed by atoms with Crippen LogP contribution >= 0.6 is 0 Å². The Hall–Kier alpha value is -3.48. The number of amides is 1. The summed E-state index contributed by atoms with van der Waals surface area (Å²) in [6, 6.07) is 13.4. The zero-order valence-corrected chi connectivity index (χ0v) is 12.4. The number of nitrogens with one attached hydrogen (secondary N) is 2. The number of nitrogens with zero attached hydrogens (tertiary/aromatic N) is 1. The van der Waals surface area contributed by atoms with Crippen LogP contribution in [0.3, 0.4) is 0 Å². The molecule has 0 aliphatic carbocycles. The van der Waals surface area contributed by atoms with E-state index in [1.807, 2.05) is 0 Å². The summed E-state index contributed by atoms with van der Waals surface area (Å²) in [6.45, 7) is 0. The first-order chi connectivity index (χ1) is 11.6. The van der Waals surface area contributed by atoms with Gasteiger partial charge in [-0.15, -0.1) is 0 Å². The predicted molar refractivity (Wildman–Crippen MR) is 86.6 cm³/mol. The Morgan fingerprint density at radius 1 is 1.00 bits per heavy atom. The number of rotatable bonds is 4. The normalized spacial score (nSPS) is 11.8. The molecule has 3 N–H and O–H groups in total. The predicted octanol–water partition coefficient (Wildman–Crippen LogP) is 1.48. The molecule has 2 aromatic carbocycles. The first kappa shape index (κ1) is 15.4. The first-order valence-electron chi connectivity index (χ1n) is 7.14. The molecule has 0 fully saturated rings. The maximum atomic E-state index is 12.3. The van der Waals surface area contributed by atoms with E-state index in [1.54, 1.807) is 54.6 Å². The Balaban J connectivity index is 2.04. The fourth-order valence-corrected chi connectivity index (χ4v) is 2.41. The summed E-state index contributed by atoms with van der Waals surface area (Å²) in [5.41, 5.74) is -0.0210. The van der Waals surface area contributed by atoms with Crippen molar-refractivity contribution in [1.29, 1.82) is 0 Å². The second-order valence-electron chi connectivity index (χ2n) is 5.09. The molecule has 7 nitrogen and oxygen atoms in total. The number of benzene rings is 2. The molecular formula is C17H13N3O4. The van der Waals surface area contributed by atoms with Crippen LogP contribution < -0.4 is 10.9 Å². The summed E-state index contributed by atoms with van der Waals surface area (Å²) in [6.07, 6.45) is 0. The molecule has 1 heterocycles. The van der Waals surface area contributed by atoms with Crippen LogP contribution in [-0.2, 0) is 4.79 Å². The summed E-state index contributed by atoms with van der Waals surface area (Å²) >= 11 is 0. The third-order valence-corrected chi connectivity index (χ3v) is 3.56. The summed E-state index contributed by atoms with van der Waals surface area (Å²) in [4.78, 5) is 35.7. The van der Waals surface area contributed by atoms with E-state index in [9.17, 15) is 19.5 Å². The molecule has 0 radical (unpaired) electrons. The number of carbonyl (C=O) groups is 2. The van der Waals surface area contributed by atoms with Crippen molar-refractivity contribution >= 4 is 22.6 Å². The number of carboxylic acids is 1. The van der Waals surface area contributed by atoms with Gasteiger partial charge in [0.2, 0.25) is 0 Å². The van der Waals surface area contributed by atoms with E-state index >= 15 is 0 Å². The van der Waals surface area contributed by atoms with Gasteiger partial charge in [0.25, 0.3) is 11.5 Å². The molecular weight excluding hydrogens is 310 g/mol. The van der Waals surface area contributed by atoms with E-state index in [2.05, 4.69) is 15.5 Å². The number of aromatic amines is 1. The van der Waals surface area contributed by atoms with Gasteiger partial charge in [-0.1, -0.05) is 36.4 Å². The van der Waals surface area contributed by atoms with Crippen molar-refractivity contribution in [1.82, 2.24) is 15.5 Å². The van der Waals surface area contributed by atoms with Gasteiger partial charge in [-0.25, -0.2) is 9.89 Å². The largest absolute Gasteiger partial charge is 0.479 e. The van der Waals surface area contributed by atoms with Crippen LogP contribution in [0.2, 0.25) is 0 Å². The maximum absolute atomic E-state index is 12.3. The Morgan fingerprint density at radius 2 is 1.62 bits per heavy atom. The molecule has 3 rings (SSSR count). The lowest BCUT2D eigenvalue weighted by Gasteiger charge is -2.15. The van der Waals surface area contributed by atoms with Crippen LogP contribution in [0, 0.1) is 0 Å². The van der Waals surface area contributed by atoms with Crippen LogP contribution in [0.5, 0.6) is 0 Å². The first-order valence-corrected chi connectivity index (χ1v) is 7.14. The van der Waals surface area contributed by atoms with E-state index in [-0.39, 0.29) is 5.69 Å². The number of carbonyl (C=O) groups excluding carboxylic acids is 1. The molecule has 1 amide bonds. The van der Waals surface area contributed by atoms with Crippen molar-refractivity contribution in [3.05, 3.63) is 76.2 Å². The van der Waals surface area contributed by atoms with Crippen molar-refractivity contribution in [3.8, 4) is 0 Å². The Kier molecular flexibility index (Phi) is 4.07. The third kappa shape index (κ3) is 2.87. The van der Waals surface area contributed by atoms with Gasteiger partial charge in [0.15, 0.2) is 6.04 Å². The Morgan fingerprint density at radius 3 is 2.29 bits per heavy atom. The summed E-state index contributed by atoms with van der Waals surface area (Å²) < 4.78 is 0. The molecule has 0 unspecified atom stereocenters. The zero-order chi connectivity index (χ0) is 17.1. The van der Waals surface area contributed by atoms with E-state index in [0.717, 1.165) is 0 Å². The van der Waals surface area contributed by atoms with Crippen molar-refractivity contribution < 1.29 is 14.7 Å².